The first-order valence-electron chi connectivity index (χ1n) is 21.6. The number of likely N-dealkylation sites (tertiary alicyclic amines) is 4. The van der Waals surface area contributed by atoms with Crippen molar-refractivity contribution in [1.82, 2.24) is 24.5 Å². The second-order valence-electron chi connectivity index (χ2n) is 16.9. The lowest BCUT2D eigenvalue weighted by molar-refractivity contribution is -0.145. The van der Waals surface area contributed by atoms with Gasteiger partial charge in [-0.1, -0.05) is 35.9 Å². The molecule has 4 fully saturated rings. The van der Waals surface area contributed by atoms with E-state index >= 15 is 0 Å². The number of amides is 5. The first-order valence-corrected chi connectivity index (χ1v) is 22.0. The smallest absolute Gasteiger partial charge is 0.410 e. The van der Waals surface area contributed by atoms with E-state index in [1.165, 1.54) is 0 Å². The van der Waals surface area contributed by atoms with Crippen LogP contribution >= 0.6 is 11.6 Å². The van der Waals surface area contributed by atoms with Gasteiger partial charge in [-0.25, -0.2) is 9.59 Å². The van der Waals surface area contributed by atoms with E-state index in [1.807, 2.05) is 47.1 Å². The van der Waals surface area contributed by atoms with E-state index in [2.05, 4.69) is 10.2 Å². The molecule has 2 aromatic carbocycles. The molecule has 59 heavy (non-hydrogen) atoms. The minimum Gasteiger partial charge on any atom is -0.464 e. The van der Waals surface area contributed by atoms with Crippen LogP contribution in [0.3, 0.4) is 0 Å². The third-order valence-corrected chi connectivity index (χ3v) is 13.5. The molecule has 0 spiro atoms. The number of anilines is 2. The Balaban J connectivity index is 0.881. The molecule has 0 radical (unpaired) electrons. The molecule has 5 amide bonds. The van der Waals surface area contributed by atoms with E-state index in [-0.39, 0.29) is 42.9 Å². The summed E-state index contributed by atoms with van der Waals surface area (Å²) < 4.78 is 11.5. The van der Waals surface area contributed by atoms with Gasteiger partial charge < -0.3 is 45.0 Å². The normalized spacial score (nSPS) is 20.6. The minimum atomic E-state index is -1.02. The van der Waals surface area contributed by atoms with Crippen LogP contribution in [0.5, 0.6) is 0 Å². The molecule has 0 aromatic heterocycles. The Hall–Kier alpha value is -4.56. The Bertz CT molecular complexity index is 1820. The molecule has 0 saturated carbocycles. The fraction of sp³-hybridized carbons (Fsp3) is 0.614. The molecule has 3 N–H and O–H groups in total. The summed E-state index contributed by atoms with van der Waals surface area (Å²) in [6, 6.07) is 11.4. The number of carbonyl (C=O) groups excluding carboxylic acids is 5. The van der Waals surface area contributed by atoms with Gasteiger partial charge in [0.2, 0.25) is 5.91 Å². The molecular weight excluding hydrogens is 774 g/mol. The maximum atomic E-state index is 14.2. The van der Waals surface area contributed by atoms with E-state index in [0.29, 0.717) is 94.0 Å². The molecule has 0 aliphatic carbocycles. The number of hydrogen-bond donors (Lipinski definition) is 2. The minimum absolute atomic E-state index is 0.00716. The zero-order valence-electron chi connectivity index (χ0n) is 34.4. The summed E-state index contributed by atoms with van der Waals surface area (Å²) in [4.78, 5) is 74.8. The molecule has 5 aliphatic heterocycles. The summed E-state index contributed by atoms with van der Waals surface area (Å²) in [5.74, 6) is 0.775. The lowest BCUT2D eigenvalue weighted by Gasteiger charge is -2.41. The van der Waals surface area contributed by atoms with Crippen molar-refractivity contribution in [1.29, 1.82) is 0 Å². The number of fused-ring (bicyclic) bond motifs is 1. The monoisotopic (exact) mass is 833 g/mol. The van der Waals surface area contributed by atoms with Crippen LogP contribution in [-0.2, 0) is 36.7 Å². The third-order valence-electron chi connectivity index (χ3n) is 13.2. The molecule has 5 aliphatic rings. The van der Waals surface area contributed by atoms with Gasteiger partial charge in [0, 0.05) is 70.4 Å². The van der Waals surface area contributed by atoms with E-state index in [1.54, 1.807) is 15.9 Å². The number of nitrogen functional groups attached to an aromatic ring is 1. The molecule has 2 aromatic rings. The van der Waals surface area contributed by atoms with Gasteiger partial charge in [-0.3, -0.25) is 14.4 Å². The highest BCUT2D eigenvalue weighted by Gasteiger charge is 2.37. The number of urea groups is 1. The van der Waals surface area contributed by atoms with Crippen molar-refractivity contribution >= 4 is 52.9 Å². The predicted molar refractivity (Wildman–Crippen MR) is 225 cm³/mol. The molecule has 0 bridgehead atoms. The van der Waals surface area contributed by atoms with Crippen LogP contribution in [0.1, 0.15) is 74.5 Å². The van der Waals surface area contributed by atoms with Crippen molar-refractivity contribution in [2.75, 3.05) is 83.1 Å². The summed E-state index contributed by atoms with van der Waals surface area (Å²) in [7, 11) is 0. The molecular formula is C44H60ClN7O7. The fourth-order valence-electron chi connectivity index (χ4n) is 9.61. The summed E-state index contributed by atoms with van der Waals surface area (Å²) in [5.41, 5.74) is 10.1. The summed E-state index contributed by atoms with van der Waals surface area (Å²) in [6.07, 6.45) is 6.31. The molecule has 7 rings (SSSR count). The van der Waals surface area contributed by atoms with E-state index in [0.717, 1.165) is 80.5 Å². The number of rotatable bonds is 12. The van der Waals surface area contributed by atoms with Gasteiger partial charge in [-0.2, -0.15) is 0 Å². The number of carbonyl (C=O) groups is 5. The lowest BCUT2D eigenvalue weighted by atomic mass is 9.78. The van der Waals surface area contributed by atoms with Gasteiger partial charge >= 0.3 is 18.1 Å². The number of nitrogens with two attached hydrogens (primary N) is 1. The maximum Gasteiger partial charge on any atom is 0.410 e. The highest BCUT2D eigenvalue weighted by Crippen LogP contribution is 2.34. The number of nitrogens with one attached hydrogen (secondary N) is 1. The van der Waals surface area contributed by atoms with Crippen LogP contribution in [-0.4, -0.2) is 139 Å². The number of piperidine rings is 3. The van der Waals surface area contributed by atoms with Gasteiger partial charge in [0.25, 0.3) is 5.91 Å². The van der Waals surface area contributed by atoms with Crippen LogP contribution in [0.4, 0.5) is 21.0 Å². The van der Waals surface area contributed by atoms with Crippen LogP contribution in [0, 0.1) is 18.8 Å². The molecule has 1 atom stereocenters. The number of ether oxygens (including phenoxy) is 2. The number of benzene rings is 2. The van der Waals surface area contributed by atoms with Gasteiger partial charge in [-0.05, 0) is 112 Å². The number of esters is 1. The molecule has 0 unspecified atom stereocenters. The molecule has 15 heteroatoms. The van der Waals surface area contributed by atoms with Gasteiger partial charge in [0.1, 0.15) is 6.61 Å². The highest BCUT2D eigenvalue weighted by atomic mass is 35.5. The number of para-hydroxylation sites is 1. The van der Waals surface area contributed by atoms with Crippen molar-refractivity contribution in [3.05, 3.63) is 58.1 Å². The quantitative estimate of drug-likeness (QED) is 0.213. The topological polar surface area (TPSA) is 158 Å². The zero-order valence-corrected chi connectivity index (χ0v) is 35.1. The van der Waals surface area contributed by atoms with Crippen molar-refractivity contribution < 1.29 is 33.4 Å². The zero-order chi connectivity index (χ0) is 41.5. The molecule has 320 valence electrons. The third kappa shape index (κ3) is 10.8. The Morgan fingerprint density at radius 1 is 0.864 bits per heavy atom. The fourth-order valence-corrected chi connectivity index (χ4v) is 9.90. The SMILES string of the molecule is Cc1cc(C[C@@H](OC(=O)N2CCC(N3CCc4ccccc4NC3=O)CC2)C(=O)N2CCC(C3CCN(CCC(=O)OCCN4CCCC4=O)CC3)CC2)cc(Cl)c1N. The summed E-state index contributed by atoms with van der Waals surface area (Å²) >= 11 is 6.45. The Morgan fingerprint density at radius 2 is 1.56 bits per heavy atom. The van der Waals surface area contributed by atoms with Gasteiger partial charge in [-0.15, -0.1) is 0 Å². The average Bonchev–Trinajstić information content (AvgIpc) is 3.57. The summed E-state index contributed by atoms with van der Waals surface area (Å²) in [5, 5.41) is 3.45. The Labute approximate surface area is 352 Å². The number of hydrogen-bond acceptors (Lipinski definition) is 9. The van der Waals surface area contributed by atoms with E-state index < -0.39 is 12.2 Å². The largest absolute Gasteiger partial charge is 0.464 e. The maximum absolute atomic E-state index is 14.2. The second kappa shape index (κ2) is 19.7. The highest BCUT2D eigenvalue weighted by molar-refractivity contribution is 6.33. The Kier molecular flexibility index (Phi) is 14.2. The Morgan fingerprint density at radius 3 is 2.25 bits per heavy atom. The van der Waals surface area contributed by atoms with Gasteiger partial charge in [0.15, 0.2) is 6.10 Å². The average molecular weight is 834 g/mol. The van der Waals surface area contributed by atoms with Gasteiger partial charge in [0.05, 0.1) is 23.7 Å². The first-order chi connectivity index (χ1) is 28.5. The number of nitrogens with zero attached hydrogens (tertiary/aromatic N) is 5. The molecule has 4 saturated heterocycles. The van der Waals surface area contributed by atoms with Crippen molar-refractivity contribution in [2.24, 2.45) is 11.8 Å². The predicted octanol–water partition coefficient (Wildman–Crippen LogP) is 5.34. The standard InChI is InChI=1S/C44H60ClN7O7/c1-30-27-31(28-36(45)41(30)46)29-38(59-44(57)51-22-13-35(14-23-51)52-24-12-34-5-2-3-6-37(34)47-43(52)56)42(55)50-20-10-33(11-21-50)32-8-17-48(18-9-32)19-15-40(54)58-26-25-49-16-4-7-39(49)53/h2-3,5-6,27-28,32-33,35,38H,4,7-26,29,46H2,1H3,(H,47,56)/t38-/m1/s1. The summed E-state index contributed by atoms with van der Waals surface area (Å²) in [6.45, 7) is 8.51. The van der Waals surface area contributed by atoms with E-state index in [9.17, 15) is 24.0 Å². The van der Waals surface area contributed by atoms with Crippen molar-refractivity contribution in [2.45, 2.75) is 89.7 Å². The van der Waals surface area contributed by atoms with Crippen molar-refractivity contribution in [3.63, 3.8) is 0 Å². The second-order valence-corrected chi connectivity index (χ2v) is 17.3. The van der Waals surface area contributed by atoms with Crippen LogP contribution in [0.2, 0.25) is 5.02 Å². The lowest BCUT2D eigenvalue weighted by Crippen LogP contribution is -2.52. The number of halogens is 1. The molecule has 14 nitrogen and oxygen atoms in total. The van der Waals surface area contributed by atoms with Crippen LogP contribution in [0.25, 0.3) is 0 Å². The van der Waals surface area contributed by atoms with E-state index in [4.69, 9.17) is 26.8 Å². The van der Waals surface area contributed by atoms with Crippen LogP contribution < -0.4 is 11.1 Å². The first kappa shape index (κ1) is 42.6. The van der Waals surface area contributed by atoms with Crippen molar-refractivity contribution in [3.8, 4) is 0 Å². The van der Waals surface area contributed by atoms with Crippen LogP contribution in [0.15, 0.2) is 36.4 Å². The molecule has 5 heterocycles. The number of aryl methyl sites for hydroxylation is 1.